The van der Waals surface area contributed by atoms with Gasteiger partial charge in [-0.05, 0) is 69.5 Å². The fourth-order valence-corrected chi connectivity index (χ4v) is 4.95. The van der Waals surface area contributed by atoms with Crippen LogP contribution in [0.2, 0.25) is 0 Å². The second kappa shape index (κ2) is 7.05. The zero-order chi connectivity index (χ0) is 21.9. The van der Waals surface area contributed by atoms with Crippen molar-refractivity contribution in [3.8, 4) is 33.5 Å². The van der Waals surface area contributed by atoms with Gasteiger partial charge in [0.05, 0.1) is 5.69 Å². The van der Waals surface area contributed by atoms with Crippen LogP contribution in [0, 0.1) is 12.3 Å². The second-order valence-electron chi connectivity index (χ2n) is 10.6. The molecule has 0 bridgehead atoms. The summed E-state index contributed by atoms with van der Waals surface area (Å²) in [6, 6.07) is 20.8. The molecule has 0 aliphatic heterocycles. The van der Waals surface area contributed by atoms with Crippen LogP contribution >= 0.6 is 0 Å². The SMILES string of the molecule is Cc1ccc2c(c1)-c1cc(CC(C)(C)C)ccc1-c1cc(C(C)C)cc3ccnc-2c13. The Labute approximate surface area is 186 Å². The van der Waals surface area contributed by atoms with Crippen LogP contribution in [-0.2, 0) is 6.42 Å². The van der Waals surface area contributed by atoms with E-state index in [0.717, 1.165) is 12.1 Å². The van der Waals surface area contributed by atoms with Gasteiger partial charge in [-0.1, -0.05) is 88.7 Å². The van der Waals surface area contributed by atoms with Gasteiger partial charge in [-0.25, -0.2) is 0 Å². The summed E-state index contributed by atoms with van der Waals surface area (Å²) in [7, 11) is 0. The van der Waals surface area contributed by atoms with E-state index in [4.69, 9.17) is 4.98 Å². The Balaban J connectivity index is 1.91. The molecule has 3 aromatic carbocycles. The lowest BCUT2D eigenvalue weighted by atomic mass is 9.84. The van der Waals surface area contributed by atoms with Gasteiger partial charge >= 0.3 is 0 Å². The molecule has 0 spiro atoms. The summed E-state index contributed by atoms with van der Waals surface area (Å²) in [4.78, 5) is 4.91. The molecule has 0 N–H and O–H groups in total. The molecule has 0 unspecified atom stereocenters. The van der Waals surface area contributed by atoms with E-state index >= 15 is 0 Å². The fraction of sp³-hybridized carbons (Fsp3) is 0.300. The number of benzene rings is 3. The van der Waals surface area contributed by atoms with Crippen molar-refractivity contribution in [2.45, 2.75) is 53.9 Å². The maximum atomic E-state index is 4.91. The first-order valence-corrected chi connectivity index (χ1v) is 11.4. The normalized spacial score (nSPS) is 12.6. The topological polar surface area (TPSA) is 12.9 Å². The van der Waals surface area contributed by atoms with Gasteiger partial charge in [-0.15, -0.1) is 0 Å². The van der Waals surface area contributed by atoms with E-state index in [9.17, 15) is 0 Å². The van der Waals surface area contributed by atoms with Gasteiger partial charge in [0.15, 0.2) is 0 Å². The van der Waals surface area contributed by atoms with Gasteiger partial charge in [-0.2, -0.15) is 0 Å². The Bertz CT molecular complexity index is 1320. The molecule has 0 radical (unpaired) electrons. The van der Waals surface area contributed by atoms with Gasteiger partial charge in [-0.3, -0.25) is 4.98 Å². The Morgan fingerprint density at radius 2 is 1.52 bits per heavy atom. The molecule has 1 heteroatoms. The third kappa shape index (κ3) is 3.47. The lowest BCUT2D eigenvalue weighted by Gasteiger charge is -2.20. The standard InChI is InChI=1S/C30H31N/c1-18(2)22-15-21-11-12-31-29-24-9-7-19(3)13-25(24)26-14-20(17-30(4,5)6)8-10-23(26)27(16-22)28(21)29/h7-16,18H,17H2,1-6H3. The van der Waals surface area contributed by atoms with Crippen molar-refractivity contribution in [2.75, 3.05) is 0 Å². The molecule has 0 saturated heterocycles. The summed E-state index contributed by atoms with van der Waals surface area (Å²) in [5, 5.41) is 2.56. The van der Waals surface area contributed by atoms with Crippen LogP contribution in [0.15, 0.2) is 60.8 Å². The van der Waals surface area contributed by atoms with Crippen LogP contribution in [-0.4, -0.2) is 4.98 Å². The van der Waals surface area contributed by atoms with Gasteiger partial charge < -0.3 is 0 Å². The summed E-state index contributed by atoms with van der Waals surface area (Å²) in [5.41, 5.74) is 11.9. The van der Waals surface area contributed by atoms with Crippen LogP contribution in [0.1, 0.15) is 57.2 Å². The maximum absolute atomic E-state index is 4.91. The number of rotatable bonds is 2. The lowest BCUT2D eigenvalue weighted by molar-refractivity contribution is 0.411. The number of pyridine rings is 1. The smallest absolute Gasteiger partial charge is 0.0792 e. The summed E-state index contributed by atoms with van der Waals surface area (Å²) in [6.45, 7) is 13.7. The number of nitrogens with zero attached hydrogens (tertiary/aromatic N) is 1. The summed E-state index contributed by atoms with van der Waals surface area (Å²) >= 11 is 0. The molecule has 4 aromatic rings. The molecule has 0 fully saturated rings. The Morgan fingerprint density at radius 3 is 2.26 bits per heavy atom. The number of hydrogen-bond donors (Lipinski definition) is 0. The van der Waals surface area contributed by atoms with Crippen molar-refractivity contribution in [2.24, 2.45) is 5.41 Å². The molecule has 1 aromatic heterocycles. The third-order valence-corrected chi connectivity index (χ3v) is 6.38. The van der Waals surface area contributed by atoms with E-state index in [-0.39, 0.29) is 5.41 Å². The highest BCUT2D eigenvalue weighted by Gasteiger charge is 2.24. The van der Waals surface area contributed by atoms with Crippen molar-refractivity contribution in [3.05, 3.63) is 77.5 Å². The van der Waals surface area contributed by atoms with Crippen molar-refractivity contribution >= 4 is 10.8 Å². The van der Waals surface area contributed by atoms with Crippen LogP contribution in [0.25, 0.3) is 44.3 Å². The molecule has 156 valence electrons. The molecular weight excluding hydrogens is 374 g/mol. The molecule has 5 rings (SSSR count). The van der Waals surface area contributed by atoms with Crippen LogP contribution in [0.4, 0.5) is 0 Å². The molecule has 1 nitrogen and oxygen atoms in total. The predicted octanol–water partition coefficient (Wildman–Crippen LogP) is 8.57. The average molecular weight is 406 g/mol. The largest absolute Gasteiger partial charge is 0.256 e. The van der Waals surface area contributed by atoms with Gasteiger partial charge in [0.1, 0.15) is 0 Å². The summed E-state index contributed by atoms with van der Waals surface area (Å²) in [5.74, 6) is 0.480. The molecular formula is C30H31N. The Hall–Kier alpha value is -2.93. The first-order valence-electron chi connectivity index (χ1n) is 11.4. The number of fused-ring (bicyclic) bond motifs is 5. The first kappa shape index (κ1) is 20.0. The highest BCUT2D eigenvalue weighted by atomic mass is 14.7. The Kier molecular flexibility index (Phi) is 4.55. The van der Waals surface area contributed by atoms with Crippen molar-refractivity contribution in [1.29, 1.82) is 0 Å². The van der Waals surface area contributed by atoms with Crippen LogP contribution in [0.5, 0.6) is 0 Å². The zero-order valence-corrected chi connectivity index (χ0v) is 19.5. The fourth-order valence-electron chi connectivity index (χ4n) is 4.95. The molecule has 0 saturated carbocycles. The zero-order valence-electron chi connectivity index (χ0n) is 19.5. The van der Waals surface area contributed by atoms with Crippen LogP contribution < -0.4 is 0 Å². The first-order chi connectivity index (χ1) is 14.7. The van der Waals surface area contributed by atoms with Crippen LogP contribution in [0.3, 0.4) is 0 Å². The number of aryl methyl sites for hydroxylation is 1. The molecule has 1 aliphatic carbocycles. The number of hydrogen-bond acceptors (Lipinski definition) is 1. The monoisotopic (exact) mass is 405 g/mol. The van der Waals surface area contributed by atoms with E-state index in [1.165, 1.54) is 55.3 Å². The molecule has 1 heterocycles. The Morgan fingerprint density at radius 1 is 0.774 bits per heavy atom. The minimum absolute atomic E-state index is 0.254. The van der Waals surface area contributed by atoms with Crippen molar-refractivity contribution in [1.82, 2.24) is 4.98 Å². The molecule has 0 atom stereocenters. The highest BCUT2D eigenvalue weighted by molar-refractivity contribution is 6.12. The molecule has 1 aliphatic rings. The summed E-state index contributed by atoms with van der Waals surface area (Å²) < 4.78 is 0. The molecule has 0 amide bonds. The quantitative estimate of drug-likeness (QED) is 0.286. The average Bonchev–Trinajstić information content (AvgIpc) is 2.81. The van der Waals surface area contributed by atoms with Gasteiger partial charge in [0.2, 0.25) is 0 Å². The number of aromatic nitrogens is 1. The lowest BCUT2D eigenvalue weighted by Crippen LogP contribution is -2.09. The predicted molar refractivity (Wildman–Crippen MR) is 134 cm³/mol. The van der Waals surface area contributed by atoms with Gasteiger partial charge in [0, 0.05) is 17.1 Å². The van der Waals surface area contributed by atoms with E-state index in [0.29, 0.717) is 5.92 Å². The molecule has 31 heavy (non-hydrogen) atoms. The van der Waals surface area contributed by atoms with E-state index in [2.05, 4.69) is 96.1 Å². The highest BCUT2D eigenvalue weighted by Crippen LogP contribution is 2.48. The second-order valence-corrected chi connectivity index (χ2v) is 10.6. The third-order valence-electron chi connectivity index (χ3n) is 6.38. The maximum Gasteiger partial charge on any atom is 0.0792 e. The van der Waals surface area contributed by atoms with Crippen molar-refractivity contribution in [3.63, 3.8) is 0 Å². The van der Waals surface area contributed by atoms with E-state index in [1.54, 1.807) is 0 Å². The van der Waals surface area contributed by atoms with E-state index < -0.39 is 0 Å². The van der Waals surface area contributed by atoms with Crippen molar-refractivity contribution < 1.29 is 0 Å². The van der Waals surface area contributed by atoms with E-state index in [1.807, 2.05) is 6.20 Å². The minimum Gasteiger partial charge on any atom is -0.256 e. The van der Waals surface area contributed by atoms with Gasteiger partial charge in [0.25, 0.3) is 0 Å². The summed E-state index contributed by atoms with van der Waals surface area (Å²) in [6.07, 6.45) is 3.03. The minimum atomic E-state index is 0.254.